The van der Waals surface area contributed by atoms with Gasteiger partial charge >= 0.3 is 0 Å². The van der Waals surface area contributed by atoms with Crippen LogP contribution in [-0.4, -0.2) is 55.5 Å². The van der Waals surface area contributed by atoms with Crippen molar-refractivity contribution >= 4 is 11.6 Å². The van der Waals surface area contributed by atoms with Crippen LogP contribution in [0.25, 0.3) is 0 Å². The van der Waals surface area contributed by atoms with Crippen LogP contribution in [0, 0.1) is 0 Å². The van der Waals surface area contributed by atoms with Gasteiger partial charge in [-0.15, -0.1) is 0 Å². The molecule has 20 heavy (non-hydrogen) atoms. The van der Waals surface area contributed by atoms with Crippen LogP contribution in [0.1, 0.15) is 28.8 Å². The van der Waals surface area contributed by atoms with Crippen molar-refractivity contribution in [2.75, 3.05) is 39.0 Å². The van der Waals surface area contributed by atoms with Gasteiger partial charge < -0.3 is 15.1 Å². The van der Waals surface area contributed by atoms with E-state index in [1.165, 1.54) is 17.7 Å². The maximum Gasteiger partial charge on any atom is 0.253 e. The number of hydrogen-bond donors (Lipinski definition) is 1. The Kier molecular flexibility index (Phi) is 3.66. The molecule has 3 rings (SSSR count). The number of likely N-dealkylation sites (N-methyl/N-ethyl adjacent to an activating group) is 1. The van der Waals surface area contributed by atoms with Crippen molar-refractivity contribution in [3.63, 3.8) is 0 Å². The highest BCUT2D eigenvalue weighted by atomic mass is 16.2. The van der Waals surface area contributed by atoms with E-state index >= 15 is 0 Å². The summed E-state index contributed by atoms with van der Waals surface area (Å²) in [7, 11) is 4.19. The molecule has 0 aliphatic carbocycles. The Balaban J connectivity index is 1.75. The summed E-state index contributed by atoms with van der Waals surface area (Å²) in [6.07, 6.45) is 3.31. The average molecular weight is 273 g/mol. The topological polar surface area (TPSA) is 35.6 Å². The zero-order valence-electron chi connectivity index (χ0n) is 12.4. The molecule has 4 heteroatoms. The molecule has 1 aromatic carbocycles. The van der Waals surface area contributed by atoms with Crippen molar-refractivity contribution in [1.29, 1.82) is 0 Å². The zero-order chi connectivity index (χ0) is 14.1. The normalized spacial score (nSPS) is 21.8. The minimum atomic E-state index is 0.186. The lowest BCUT2D eigenvalue weighted by Gasteiger charge is -2.36. The Bertz CT molecular complexity index is 512. The van der Waals surface area contributed by atoms with Crippen LogP contribution in [0.5, 0.6) is 0 Å². The highest BCUT2D eigenvalue weighted by Gasteiger charge is 2.26. The molecular weight excluding hydrogens is 250 g/mol. The van der Waals surface area contributed by atoms with Crippen molar-refractivity contribution in [3.8, 4) is 0 Å². The minimum absolute atomic E-state index is 0.186. The molecule has 0 bridgehead atoms. The van der Waals surface area contributed by atoms with Crippen LogP contribution >= 0.6 is 0 Å². The second-order valence-corrected chi connectivity index (χ2v) is 6.06. The van der Waals surface area contributed by atoms with Gasteiger partial charge in [-0.2, -0.15) is 0 Å². The molecule has 0 aromatic heterocycles. The molecule has 1 N–H and O–H groups in total. The summed E-state index contributed by atoms with van der Waals surface area (Å²) in [6, 6.07) is 6.56. The van der Waals surface area contributed by atoms with Gasteiger partial charge in [0, 0.05) is 36.9 Å². The van der Waals surface area contributed by atoms with Crippen LogP contribution in [0.15, 0.2) is 18.2 Å². The fourth-order valence-electron chi connectivity index (χ4n) is 3.18. The molecular formula is C16H23N3O. The molecule has 2 aliphatic rings. The number of hydrogen-bond acceptors (Lipinski definition) is 3. The van der Waals surface area contributed by atoms with E-state index in [4.69, 9.17) is 0 Å². The highest BCUT2D eigenvalue weighted by Crippen LogP contribution is 2.24. The van der Waals surface area contributed by atoms with E-state index in [0.717, 1.165) is 38.0 Å². The number of nitrogens with one attached hydrogen (secondary N) is 1. The lowest BCUT2D eigenvalue weighted by atomic mass is 10.0. The van der Waals surface area contributed by atoms with Gasteiger partial charge in [-0.25, -0.2) is 0 Å². The van der Waals surface area contributed by atoms with E-state index in [1.54, 1.807) is 0 Å². The number of likely N-dealkylation sites (tertiary alicyclic amines) is 1. The predicted octanol–water partition coefficient (Wildman–Crippen LogP) is 1.82. The number of amides is 1. The first-order chi connectivity index (χ1) is 9.65. The Morgan fingerprint density at radius 1 is 1.40 bits per heavy atom. The molecule has 0 spiro atoms. The highest BCUT2D eigenvalue weighted by molar-refractivity contribution is 5.95. The molecule has 4 nitrogen and oxygen atoms in total. The Morgan fingerprint density at radius 3 is 3.05 bits per heavy atom. The largest absolute Gasteiger partial charge is 0.384 e. The van der Waals surface area contributed by atoms with Gasteiger partial charge in [0.2, 0.25) is 0 Å². The number of rotatable bonds is 2. The van der Waals surface area contributed by atoms with Gasteiger partial charge in [0.1, 0.15) is 0 Å². The summed E-state index contributed by atoms with van der Waals surface area (Å²) in [4.78, 5) is 16.9. The number of anilines is 1. The summed E-state index contributed by atoms with van der Waals surface area (Å²) >= 11 is 0. The standard InChI is InChI=1S/C16H23N3O/c1-18(2)14-4-3-9-19(11-14)16(20)13-5-6-15-12(10-13)7-8-17-15/h5-6,10,14,17H,3-4,7-9,11H2,1-2H3. The van der Waals surface area contributed by atoms with E-state index in [0.29, 0.717) is 6.04 Å². The Labute approximate surface area is 120 Å². The zero-order valence-corrected chi connectivity index (χ0v) is 12.4. The van der Waals surface area contributed by atoms with Gasteiger partial charge in [-0.05, 0) is 57.1 Å². The van der Waals surface area contributed by atoms with Gasteiger partial charge in [-0.1, -0.05) is 0 Å². The Morgan fingerprint density at radius 2 is 2.25 bits per heavy atom. The fourth-order valence-corrected chi connectivity index (χ4v) is 3.18. The molecule has 108 valence electrons. The molecule has 1 unspecified atom stereocenters. The molecule has 1 fully saturated rings. The maximum atomic E-state index is 12.7. The Hall–Kier alpha value is -1.55. The number of carbonyl (C=O) groups excluding carboxylic acids is 1. The van der Waals surface area contributed by atoms with Crippen molar-refractivity contribution in [3.05, 3.63) is 29.3 Å². The number of fused-ring (bicyclic) bond motifs is 1. The first kappa shape index (κ1) is 13.4. The third kappa shape index (κ3) is 2.52. The molecule has 2 heterocycles. The molecule has 0 radical (unpaired) electrons. The average Bonchev–Trinajstić information content (AvgIpc) is 2.94. The number of piperidine rings is 1. The third-order valence-electron chi connectivity index (χ3n) is 4.48. The van der Waals surface area contributed by atoms with E-state index < -0.39 is 0 Å². The summed E-state index contributed by atoms with van der Waals surface area (Å²) in [5.74, 6) is 0.186. The minimum Gasteiger partial charge on any atom is -0.384 e. The first-order valence-corrected chi connectivity index (χ1v) is 7.47. The number of benzene rings is 1. The predicted molar refractivity (Wildman–Crippen MR) is 81.2 cm³/mol. The smallest absolute Gasteiger partial charge is 0.253 e. The SMILES string of the molecule is CN(C)C1CCCN(C(=O)c2ccc3c(c2)CCN3)C1. The van der Waals surface area contributed by atoms with Crippen molar-refractivity contribution in [1.82, 2.24) is 9.80 Å². The molecule has 1 amide bonds. The molecule has 1 atom stereocenters. The fraction of sp³-hybridized carbons (Fsp3) is 0.562. The quantitative estimate of drug-likeness (QED) is 0.893. The molecule has 1 saturated heterocycles. The van der Waals surface area contributed by atoms with Crippen LogP contribution in [0.4, 0.5) is 5.69 Å². The second-order valence-electron chi connectivity index (χ2n) is 6.06. The molecule has 2 aliphatic heterocycles. The lowest BCUT2D eigenvalue weighted by molar-refractivity contribution is 0.0635. The number of carbonyl (C=O) groups is 1. The monoisotopic (exact) mass is 273 g/mol. The summed E-state index contributed by atoms with van der Waals surface area (Å²) in [5, 5.41) is 3.34. The summed E-state index contributed by atoms with van der Waals surface area (Å²) in [5.41, 5.74) is 3.30. The van der Waals surface area contributed by atoms with Crippen LogP contribution in [0.2, 0.25) is 0 Å². The summed E-state index contributed by atoms with van der Waals surface area (Å²) < 4.78 is 0. The maximum absolute atomic E-state index is 12.7. The second kappa shape index (κ2) is 5.44. The van der Waals surface area contributed by atoms with Crippen molar-refractivity contribution in [2.45, 2.75) is 25.3 Å². The third-order valence-corrected chi connectivity index (χ3v) is 4.48. The van der Waals surface area contributed by atoms with E-state index in [-0.39, 0.29) is 5.91 Å². The van der Waals surface area contributed by atoms with Gasteiger partial charge in [0.05, 0.1) is 0 Å². The van der Waals surface area contributed by atoms with Crippen LogP contribution < -0.4 is 5.32 Å². The van der Waals surface area contributed by atoms with E-state index in [1.807, 2.05) is 17.0 Å². The molecule has 1 aromatic rings. The first-order valence-electron chi connectivity index (χ1n) is 7.47. The van der Waals surface area contributed by atoms with Crippen molar-refractivity contribution in [2.24, 2.45) is 0 Å². The van der Waals surface area contributed by atoms with Gasteiger partial charge in [0.25, 0.3) is 5.91 Å². The summed E-state index contributed by atoms with van der Waals surface area (Å²) in [6.45, 7) is 2.72. The van der Waals surface area contributed by atoms with Gasteiger partial charge in [-0.3, -0.25) is 4.79 Å². The van der Waals surface area contributed by atoms with E-state index in [2.05, 4.69) is 30.4 Å². The van der Waals surface area contributed by atoms with Crippen LogP contribution in [0.3, 0.4) is 0 Å². The molecule has 0 saturated carbocycles. The lowest BCUT2D eigenvalue weighted by Crippen LogP contribution is -2.47. The number of nitrogens with zero attached hydrogens (tertiary/aromatic N) is 2. The van der Waals surface area contributed by atoms with E-state index in [9.17, 15) is 4.79 Å². The van der Waals surface area contributed by atoms with Crippen LogP contribution in [-0.2, 0) is 6.42 Å². The van der Waals surface area contributed by atoms with Gasteiger partial charge in [0.15, 0.2) is 0 Å². The van der Waals surface area contributed by atoms with Crippen molar-refractivity contribution < 1.29 is 4.79 Å².